The zero-order valence-corrected chi connectivity index (χ0v) is 12.9. The van der Waals surface area contributed by atoms with Crippen LogP contribution in [-0.4, -0.2) is 55.2 Å². The van der Waals surface area contributed by atoms with Gasteiger partial charge in [0.15, 0.2) is 0 Å². The lowest BCUT2D eigenvalue weighted by molar-refractivity contribution is -0.135. The van der Waals surface area contributed by atoms with Crippen molar-refractivity contribution in [2.45, 2.75) is 38.5 Å². The number of piperidine rings is 1. The van der Waals surface area contributed by atoms with Gasteiger partial charge in [0.25, 0.3) is 0 Å². The van der Waals surface area contributed by atoms with Crippen LogP contribution < -0.4 is 0 Å². The van der Waals surface area contributed by atoms with Crippen molar-refractivity contribution in [3.63, 3.8) is 0 Å². The Labute approximate surface area is 134 Å². The van der Waals surface area contributed by atoms with Crippen molar-refractivity contribution in [1.29, 1.82) is 0 Å². The lowest BCUT2D eigenvalue weighted by atomic mass is 10.1. The van der Waals surface area contributed by atoms with Crippen molar-refractivity contribution in [3.8, 4) is 0 Å². The van der Waals surface area contributed by atoms with Gasteiger partial charge in [-0.1, -0.05) is 6.07 Å². The van der Waals surface area contributed by atoms with Gasteiger partial charge in [0.05, 0.1) is 19.3 Å². The van der Waals surface area contributed by atoms with Crippen molar-refractivity contribution >= 4 is 5.91 Å². The Morgan fingerprint density at radius 1 is 1.43 bits per heavy atom. The zero-order valence-electron chi connectivity index (χ0n) is 12.9. The van der Waals surface area contributed by atoms with Crippen molar-refractivity contribution in [2.24, 2.45) is 0 Å². The molecule has 3 rings (SSSR count). The highest BCUT2D eigenvalue weighted by Gasteiger charge is 2.24. The Balaban J connectivity index is 1.44. The largest absolute Gasteiger partial charge is 0.372 e. The molecule has 0 aromatic carbocycles. The van der Waals surface area contributed by atoms with E-state index in [2.05, 4.69) is 20.5 Å². The fourth-order valence-electron chi connectivity index (χ4n) is 2.65. The molecule has 0 radical (unpaired) electrons. The molecular formula is C15H20N6O2. The van der Waals surface area contributed by atoms with Gasteiger partial charge in [0.2, 0.25) is 5.91 Å². The standard InChI is InChI=1S/C15H20N6O2/c22-15(5-8-21-12-17-18-19-21)20-7-2-4-14(10-20)23-11-13-3-1-6-16-9-13/h1,3,6,9,12,14H,2,4-5,7-8,10-11H2/t14-/m0/s1. The normalized spacial score (nSPS) is 18.1. The second-order valence-electron chi connectivity index (χ2n) is 5.60. The summed E-state index contributed by atoms with van der Waals surface area (Å²) in [4.78, 5) is 18.2. The van der Waals surface area contributed by atoms with Crippen molar-refractivity contribution in [3.05, 3.63) is 36.4 Å². The van der Waals surface area contributed by atoms with Crippen LogP contribution >= 0.6 is 0 Å². The molecule has 1 saturated heterocycles. The molecule has 0 saturated carbocycles. The molecule has 2 aromatic heterocycles. The highest BCUT2D eigenvalue weighted by molar-refractivity contribution is 5.76. The smallest absolute Gasteiger partial charge is 0.224 e. The molecule has 23 heavy (non-hydrogen) atoms. The molecule has 0 unspecified atom stereocenters. The van der Waals surface area contributed by atoms with E-state index >= 15 is 0 Å². The van der Waals surface area contributed by atoms with Crippen molar-refractivity contribution in [1.82, 2.24) is 30.1 Å². The second kappa shape index (κ2) is 7.77. The van der Waals surface area contributed by atoms with Gasteiger partial charge in [-0.3, -0.25) is 9.78 Å². The molecule has 2 aromatic rings. The third-order valence-electron chi connectivity index (χ3n) is 3.89. The number of ether oxygens (including phenoxy) is 1. The van der Waals surface area contributed by atoms with E-state index in [1.807, 2.05) is 17.0 Å². The van der Waals surface area contributed by atoms with E-state index in [9.17, 15) is 4.79 Å². The Bertz CT molecular complexity index is 604. The fraction of sp³-hybridized carbons (Fsp3) is 0.533. The van der Waals surface area contributed by atoms with E-state index in [0.29, 0.717) is 26.1 Å². The highest BCUT2D eigenvalue weighted by atomic mass is 16.5. The van der Waals surface area contributed by atoms with Gasteiger partial charge in [-0.25, -0.2) is 4.68 Å². The van der Waals surface area contributed by atoms with Crippen molar-refractivity contribution in [2.75, 3.05) is 13.1 Å². The predicted octanol–water partition coefficient (Wildman–Crippen LogP) is 0.666. The van der Waals surface area contributed by atoms with Crippen LogP contribution in [0.5, 0.6) is 0 Å². The molecule has 0 bridgehead atoms. The SMILES string of the molecule is O=C(CCn1cnnn1)N1CCC[C@H](OCc2cccnc2)C1. The van der Waals surface area contributed by atoms with Crippen LogP contribution in [0.4, 0.5) is 0 Å². The molecule has 1 amide bonds. The molecule has 8 heteroatoms. The number of carbonyl (C=O) groups is 1. The quantitative estimate of drug-likeness (QED) is 0.778. The molecule has 1 aliphatic rings. The number of aromatic nitrogens is 5. The Hall–Kier alpha value is -2.35. The number of carbonyl (C=O) groups excluding carboxylic acids is 1. The number of pyridine rings is 1. The second-order valence-corrected chi connectivity index (χ2v) is 5.60. The third-order valence-corrected chi connectivity index (χ3v) is 3.89. The first-order chi connectivity index (χ1) is 11.3. The summed E-state index contributed by atoms with van der Waals surface area (Å²) in [5, 5.41) is 10.9. The first-order valence-corrected chi connectivity index (χ1v) is 7.80. The third kappa shape index (κ3) is 4.56. The molecule has 8 nitrogen and oxygen atoms in total. The summed E-state index contributed by atoms with van der Waals surface area (Å²) in [5.74, 6) is 0.121. The molecule has 0 N–H and O–H groups in total. The maximum Gasteiger partial charge on any atom is 0.224 e. The van der Waals surface area contributed by atoms with Crippen LogP contribution in [0.25, 0.3) is 0 Å². The minimum absolute atomic E-state index is 0.0842. The Morgan fingerprint density at radius 3 is 3.17 bits per heavy atom. The van der Waals surface area contributed by atoms with E-state index in [1.54, 1.807) is 17.1 Å². The number of amides is 1. The van der Waals surface area contributed by atoms with Crippen LogP contribution in [0.3, 0.4) is 0 Å². The minimum Gasteiger partial charge on any atom is -0.372 e. The fourth-order valence-corrected chi connectivity index (χ4v) is 2.65. The number of aryl methyl sites for hydroxylation is 1. The number of tetrazole rings is 1. The summed E-state index contributed by atoms with van der Waals surface area (Å²) in [5.41, 5.74) is 1.05. The topological polar surface area (TPSA) is 86.0 Å². The Morgan fingerprint density at radius 2 is 2.39 bits per heavy atom. The minimum atomic E-state index is 0.0842. The van der Waals surface area contributed by atoms with Gasteiger partial charge in [0.1, 0.15) is 6.33 Å². The van der Waals surface area contributed by atoms with E-state index in [4.69, 9.17) is 4.74 Å². The average molecular weight is 316 g/mol. The summed E-state index contributed by atoms with van der Waals surface area (Å²) in [6.07, 6.45) is 7.50. The van der Waals surface area contributed by atoms with Gasteiger partial charge in [-0.05, 0) is 34.9 Å². The molecule has 1 aliphatic heterocycles. The maximum absolute atomic E-state index is 12.3. The molecule has 0 aliphatic carbocycles. The lowest BCUT2D eigenvalue weighted by Gasteiger charge is -2.32. The summed E-state index contributed by atoms with van der Waals surface area (Å²) in [6, 6.07) is 3.89. The number of rotatable bonds is 6. The molecular weight excluding hydrogens is 296 g/mol. The van der Waals surface area contributed by atoms with E-state index in [-0.39, 0.29) is 12.0 Å². The lowest BCUT2D eigenvalue weighted by Crippen LogP contribution is -2.43. The van der Waals surface area contributed by atoms with E-state index in [0.717, 1.165) is 24.9 Å². The highest BCUT2D eigenvalue weighted by Crippen LogP contribution is 2.16. The van der Waals surface area contributed by atoms with Crippen LogP contribution in [0.2, 0.25) is 0 Å². The molecule has 1 atom stereocenters. The van der Waals surface area contributed by atoms with E-state index < -0.39 is 0 Å². The summed E-state index contributed by atoms with van der Waals surface area (Å²) >= 11 is 0. The molecule has 0 spiro atoms. The van der Waals surface area contributed by atoms with Gasteiger partial charge < -0.3 is 9.64 Å². The maximum atomic E-state index is 12.3. The number of nitrogens with zero attached hydrogens (tertiary/aromatic N) is 6. The van der Waals surface area contributed by atoms with Crippen LogP contribution in [0, 0.1) is 0 Å². The van der Waals surface area contributed by atoms with Gasteiger partial charge in [-0.15, -0.1) is 5.10 Å². The van der Waals surface area contributed by atoms with Gasteiger partial charge >= 0.3 is 0 Å². The first-order valence-electron chi connectivity index (χ1n) is 7.80. The summed E-state index contributed by atoms with van der Waals surface area (Å²) in [6.45, 7) is 2.48. The number of likely N-dealkylation sites (tertiary alicyclic amines) is 1. The van der Waals surface area contributed by atoms with Crippen LogP contribution in [0.15, 0.2) is 30.9 Å². The van der Waals surface area contributed by atoms with Crippen LogP contribution in [-0.2, 0) is 22.7 Å². The molecule has 122 valence electrons. The van der Waals surface area contributed by atoms with E-state index in [1.165, 1.54) is 6.33 Å². The molecule has 3 heterocycles. The summed E-state index contributed by atoms with van der Waals surface area (Å²) in [7, 11) is 0. The monoisotopic (exact) mass is 316 g/mol. The average Bonchev–Trinajstić information content (AvgIpc) is 3.12. The van der Waals surface area contributed by atoms with Gasteiger partial charge in [-0.2, -0.15) is 0 Å². The number of hydrogen-bond donors (Lipinski definition) is 0. The first kappa shape index (κ1) is 15.5. The molecule has 1 fully saturated rings. The van der Waals surface area contributed by atoms with Gasteiger partial charge in [0, 0.05) is 31.9 Å². The zero-order chi connectivity index (χ0) is 15.9. The number of hydrogen-bond acceptors (Lipinski definition) is 6. The van der Waals surface area contributed by atoms with Crippen molar-refractivity contribution < 1.29 is 9.53 Å². The Kier molecular flexibility index (Phi) is 5.25. The van der Waals surface area contributed by atoms with Crippen LogP contribution in [0.1, 0.15) is 24.8 Å². The predicted molar refractivity (Wildman–Crippen MR) is 81.1 cm³/mol. The summed E-state index contributed by atoms with van der Waals surface area (Å²) < 4.78 is 7.50.